The molecular formula is C15H24N2O8. The van der Waals surface area contributed by atoms with Crippen LogP contribution in [0.15, 0.2) is 0 Å². The van der Waals surface area contributed by atoms with Crippen molar-refractivity contribution in [3.8, 4) is 0 Å². The standard InChI is InChI=1S/C15H24N2O8/c1-4-24-14(21)11(18)16-9-7-6-8-10(13(20)23-3)17-12(19)15(22)25-5-2/h10H,4-9H2,1-3H3,(H,16,18)(H,17,19). The van der Waals surface area contributed by atoms with Crippen LogP contribution in [0.4, 0.5) is 0 Å². The lowest BCUT2D eigenvalue weighted by molar-refractivity contribution is -0.156. The number of rotatable bonds is 9. The van der Waals surface area contributed by atoms with E-state index in [1.165, 1.54) is 0 Å². The fourth-order valence-electron chi connectivity index (χ4n) is 1.75. The molecule has 2 amide bonds. The molecule has 0 aromatic carbocycles. The first kappa shape index (κ1) is 22.4. The third-order valence-corrected chi connectivity index (χ3v) is 2.92. The minimum absolute atomic E-state index is 0.0370. The van der Waals surface area contributed by atoms with Crippen LogP contribution in [0.25, 0.3) is 0 Å². The number of ether oxygens (including phenoxy) is 3. The first-order valence-corrected chi connectivity index (χ1v) is 7.87. The number of unbranched alkanes of at least 4 members (excludes halogenated alkanes) is 1. The molecule has 0 fully saturated rings. The summed E-state index contributed by atoms with van der Waals surface area (Å²) in [4.78, 5) is 56.9. The highest BCUT2D eigenvalue weighted by molar-refractivity contribution is 6.33. The van der Waals surface area contributed by atoms with Gasteiger partial charge in [0.2, 0.25) is 0 Å². The third kappa shape index (κ3) is 9.28. The Bertz CT molecular complexity index is 492. The third-order valence-electron chi connectivity index (χ3n) is 2.92. The molecule has 2 N–H and O–H groups in total. The van der Waals surface area contributed by atoms with Gasteiger partial charge in [0.15, 0.2) is 0 Å². The Morgan fingerprint density at radius 1 is 0.880 bits per heavy atom. The lowest BCUT2D eigenvalue weighted by Crippen LogP contribution is -2.45. The summed E-state index contributed by atoms with van der Waals surface area (Å²) in [5.74, 6) is -4.63. The zero-order valence-corrected chi connectivity index (χ0v) is 14.6. The van der Waals surface area contributed by atoms with Crippen molar-refractivity contribution in [1.29, 1.82) is 0 Å². The van der Waals surface area contributed by atoms with E-state index < -0.39 is 35.8 Å². The molecule has 10 heteroatoms. The van der Waals surface area contributed by atoms with E-state index in [1.54, 1.807) is 13.8 Å². The molecule has 0 aliphatic carbocycles. The van der Waals surface area contributed by atoms with E-state index in [-0.39, 0.29) is 26.2 Å². The predicted molar refractivity (Wildman–Crippen MR) is 84.1 cm³/mol. The minimum atomic E-state index is -1.09. The number of amides is 2. The highest BCUT2D eigenvalue weighted by Crippen LogP contribution is 2.03. The number of nitrogens with one attached hydrogen (secondary N) is 2. The predicted octanol–water partition coefficient (Wildman–Crippen LogP) is -0.943. The molecule has 1 atom stereocenters. The van der Waals surface area contributed by atoms with Gasteiger partial charge in [-0.05, 0) is 33.1 Å². The Morgan fingerprint density at radius 3 is 1.96 bits per heavy atom. The van der Waals surface area contributed by atoms with Crippen LogP contribution >= 0.6 is 0 Å². The zero-order chi connectivity index (χ0) is 19.2. The number of hydrogen-bond donors (Lipinski definition) is 2. The van der Waals surface area contributed by atoms with Crippen molar-refractivity contribution >= 4 is 29.7 Å². The summed E-state index contributed by atoms with van der Waals surface area (Å²) in [5.41, 5.74) is 0. The van der Waals surface area contributed by atoms with E-state index >= 15 is 0 Å². The summed E-state index contributed by atoms with van der Waals surface area (Å²) < 4.78 is 13.6. The maximum absolute atomic E-state index is 11.6. The van der Waals surface area contributed by atoms with E-state index in [2.05, 4.69) is 24.8 Å². The van der Waals surface area contributed by atoms with Crippen LogP contribution in [-0.4, -0.2) is 62.6 Å². The normalized spacial score (nSPS) is 11.0. The van der Waals surface area contributed by atoms with Crippen molar-refractivity contribution in [1.82, 2.24) is 10.6 Å². The van der Waals surface area contributed by atoms with Gasteiger partial charge in [0, 0.05) is 6.54 Å². The molecule has 0 saturated heterocycles. The molecule has 1 unspecified atom stereocenters. The quantitative estimate of drug-likeness (QED) is 0.232. The van der Waals surface area contributed by atoms with Gasteiger partial charge in [0.25, 0.3) is 0 Å². The van der Waals surface area contributed by atoms with E-state index in [4.69, 9.17) is 0 Å². The van der Waals surface area contributed by atoms with Gasteiger partial charge in [-0.25, -0.2) is 14.4 Å². The van der Waals surface area contributed by atoms with Crippen LogP contribution in [0.1, 0.15) is 33.1 Å². The van der Waals surface area contributed by atoms with E-state index in [9.17, 15) is 24.0 Å². The molecule has 0 spiro atoms. The molecule has 0 rings (SSSR count). The van der Waals surface area contributed by atoms with Crippen LogP contribution < -0.4 is 10.6 Å². The van der Waals surface area contributed by atoms with Crippen molar-refractivity contribution in [2.24, 2.45) is 0 Å². The Labute approximate surface area is 145 Å². The first-order chi connectivity index (χ1) is 11.9. The van der Waals surface area contributed by atoms with Crippen molar-refractivity contribution in [2.45, 2.75) is 39.2 Å². The van der Waals surface area contributed by atoms with Gasteiger partial charge >= 0.3 is 29.7 Å². The monoisotopic (exact) mass is 360 g/mol. The summed E-state index contributed by atoms with van der Waals surface area (Å²) in [6.45, 7) is 3.47. The van der Waals surface area contributed by atoms with Gasteiger partial charge in [-0.1, -0.05) is 0 Å². The van der Waals surface area contributed by atoms with Crippen LogP contribution in [-0.2, 0) is 38.2 Å². The van der Waals surface area contributed by atoms with Crippen molar-refractivity contribution in [2.75, 3.05) is 26.9 Å². The summed E-state index contributed by atoms with van der Waals surface area (Å²) in [6.07, 6.45) is 1.05. The van der Waals surface area contributed by atoms with Crippen LogP contribution in [0, 0.1) is 0 Å². The summed E-state index contributed by atoms with van der Waals surface area (Å²) >= 11 is 0. The molecule has 0 aliphatic heterocycles. The van der Waals surface area contributed by atoms with E-state index in [1.807, 2.05) is 0 Å². The Balaban J connectivity index is 4.27. The van der Waals surface area contributed by atoms with Crippen LogP contribution in [0.2, 0.25) is 0 Å². The molecule has 0 saturated carbocycles. The maximum Gasteiger partial charge on any atom is 0.396 e. The van der Waals surface area contributed by atoms with E-state index in [0.717, 1.165) is 7.11 Å². The smallest absolute Gasteiger partial charge is 0.396 e. The Kier molecular flexibility index (Phi) is 11.4. The topological polar surface area (TPSA) is 137 Å². The minimum Gasteiger partial charge on any atom is -0.467 e. The molecule has 25 heavy (non-hydrogen) atoms. The summed E-state index contributed by atoms with van der Waals surface area (Å²) in [5, 5.41) is 4.61. The number of esters is 3. The lowest BCUT2D eigenvalue weighted by Gasteiger charge is -2.15. The molecule has 10 nitrogen and oxygen atoms in total. The van der Waals surface area contributed by atoms with Crippen LogP contribution in [0.3, 0.4) is 0 Å². The van der Waals surface area contributed by atoms with Gasteiger partial charge in [0.05, 0.1) is 20.3 Å². The average molecular weight is 360 g/mol. The molecule has 0 radical (unpaired) electrons. The second-order valence-electron chi connectivity index (χ2n) is 4.74. The lowest BCUT2D eigenvalue weighted by atomic mass is 10.1. The van der Waals surface area contributed by atoms with Gasteiger partial charge in [-0.3, -0.25) is 9.59 Å². The number of carbonyl (C=O) groups is 5. The summed E-state index contributed by atoms with van der Waals surface area (Å²) in [7, 11) is 1.16. The zero-order valence-electron chi connectivity index (χ0n) is 14.6. The molecule has 0 aromatic heterocycles. The average Bonchev–Trinajstić information content (AvgIpc) is 2.59. The molecule has 0 aromatic rings. The first-order valence-electron chi connectivity index (χ1n) is 7.87. The van der Waals surface area contributed by atoms with Crippen molar-refractivity contribution in [3.63, 3.8) is 0 Å². The van der Waals surface area contributed by atoms with E-state index in [0.29, 0.717) is 12.8 Å². The van der Waals surface area contributed by atoms with Gasteiger partial charge in [-0.2, -0.15) is 0 Å². The number of carbonyl (C=O) groups excluding carboxylic acids is 5. The Hall–Kier alpha value is -2.65. The van der Waals surface area contributed by atoms with Gasteiger partial charge < -0.3 is 24.8 Å². The largest absolute Gasteiger partial charge is 0.467 e. The highest BCUT2D eigenvalue weighted by atomic mass is 16.5. The van der Waals surface area contributed by atoms with Gasteiger partial charge in [-0.15, -0.1) is 0 Å². The molecule has 0 aliphatic rings. The summed E-state index contributed by atoms with van der Waals surface area (Å²) in [6, 6.07) is -1.01. The van der Waals surface area contributed by atoms with Crippen LogP contribution in [0.5, 0.6) is 0 Å². The molecule has 142 valence electrons. The molecular weight excluding hydrogens is 336 g/mol. The maximum atomic E-state index is 11.6. The fourth-order valence-corrected chi connectivity index (χ4v) is 1.75. The van der Waals surface area contributed by atoms with Crippen molar-refractivity contribution < 1.29 is 38.2 Å². The number of hydrogen-bond acceptors (Lipinski definition) is 8. The Morgan fingerprint density at radius 2 is 1.44 bits per heavy atom. The van der Waals surface area contributed by atoms with Gasteiger partial charge in [0.1, 0.15) is 6.04 Å². The number of methoxy groups -OCH3 is 1. The highest BCUT2D eigenvalue weighted by Gasteiger charge is 2.25. The second-order valence-corrected chi connectivity index (χ2v) is 4.74. The van der Waals surface area contributed by atoms with Crippen molar-refractivity contribution in [3.05, 3.63) is 0 Å². The second kappa shape index (κ2) is 12.7. The molecule has 0 heterocycles. The SMILES string of the molecule is CCOC(=O)C(=O)NCCCCC(NC(=O)C(=O)OCC)C(=O)OC. The molecule has 0 bridgehead atoms. The fraction of sp³-hybridized carbons (Fsp3) is 0.667.